The predicted octanol–water partition coefficient (Wildman–Crippen LogP) is 4.32. The zero-order valence-corrected chi connectivity index (χ0v) is 13.1. The van der Waals surface area contributed by atoms with Crippen molar-refractivity contribution in [3.63, 3.8) is 0 Å². The fourth-order valence-electron chi connectivity index (χ4n) is 3.30. The van der Waals surface area contributed by atoms with Crippen LogP contribution in [0.1, 0.15) is 36.0 Å². The zero-order chi connectivity index (χ0) is 15.5. The normalized spacial score (nSPS) is 20.0. The number of hydrogen-bond acceptors (Lipinski definition) is 2. The van der Waals surface area contributed by atoms with Gasteiger partial charge in [0.2, 0.25) is 0 Å². The van der Waals surface area contributed by atoms with Crippen molar-refractivity contribution in [2.45, 2.75) is 39.2 Å². The van der Waals surface area contributed by atoms with E-state index >= 15 is 0 Å². The number of nitrogens with zero attached hydrogens (tertiary/aromatic N) is 3. The van der Waals surface area contributed by atoms with Crippen LogP contribution >= 0.6 is 0 Å². The molecule has 3 rings (SSSR count). The molecule has 0 spiro atoms. The largest absolute Gasteiger partial charge is 0.364 e. The summed E-state index contributed by atoms with van der Waals surface area (Å²) in [6.45, 7) is 5.20. The fraction of sp³-hybridized carbons (Fsp3) is 0.368. The molecule has 2 aliphatic heterocycles. The standard InChI is InChI=1S/C19H20N3/c1-14-15(2)18(9-8-16(14)12-20)22-11-5-7-19(22)17-6-3-4-10-21-13-17/h3,6,8-9,13,19H,4-5,7,11H2,1-2H3/q+1. The van der Waals surface area contributed by atoms with Gasteiger partial charge >= 0.3 is 6.20 Å². The minimum atomic E-state index is 0.367. The van der Waals surface area contributed by atoms with E-state index in [0.29, 0.717) is 6.04 Å². The maximum atomic E-state index is 9.19. The van der Waals surface area contributed by atoms with E-state index in [1.807, 2.05) is 19.2 Å². The maximum absolute atomic E-state index is 9.19. The number of nitriles is 1. The summed E-state index contributed by atoms with van der Waals surface area (Å²) in [5.41, 5.74) is 5.56. The second-order valence-corrected chi connectivity index (χ2v) is 5.87. The smallest absolute Gasteiger partial charge is 0.310 e. The Balaban J connectivity index is 1.98. The van der Waals surface area contributed by atoms with Crippen LogP contribution in [-0.2, 0) is 0 Å². The molecule has 0 radical (unpaired) electrons. The molecule has 22 heavy (non-hydrogen) atoms. The Bertz CT molecular complexity index is 753. The molecule has 0 bridgehead atoms. The van der Waals surface area contributed by atoms with Crippen LogP contribution in [0.2, 0.25) is 0 Å². The van der Waals surface area contributed by atoms with Crippen LogP contribution in [0.15, 0.2) is 36.1 Å². The van der Waals surface area contributed by atoms with Crippen molar-refractivity contribution < 1.29 is 0 Å². The molecule has 2 heterocycles. The molecule has 1 unspecified atom stereocenters. The number of hydrogen-bond donors (Lipinski definition) is 0. The van der Waals surface area contributed by atoms with Crippen molar-refractivity contribution >= 4 is 5.69 Å². The van der Waals surface area contributed by atoms with Crippen LogP contribution in [0, 0.1) is 31.2 Å². The molecule has 110 valence electrons. The second-order valence-electron chi connectivity index (χ2n) is 5.87. The third-order valence-corrected chi connectivity index (χ3v) is 4.65. The molecular formula is C19H20N3+. The average molecular weight is 290 g/mol. The summed E-state index contributed by atoms with van der Waals surface area (Å²) < 4.78 is 0. The molecule has 0 N–H and O–H groups in total. The summed E-state index contributed by atoms with van der Waals surface area (Å²) in [4.78, 5) is 6.71. The Morgan fingerprint density at radius 3 is 3.00 bits per heavy atom. The minimum Gasteiger partial charge on any atom is -0.364 e. The van der Waals surface area contributed by atoms with Crippen molar-refractivity contribution in [2.24, 2.45) is 0 Å². The lowest BCUT2D eigenvalue weighted by Crippen LogP contribution is -2.31. The molecule has 3 nitrogen and oxygen atoms in total. The topological polar surface area (TPSA) is 31.4 Å². The Labute approximate surface area is 132 Å². The van der Waals surface area contributed by atoms with Gasteiger partial charge in [0.25, 0.3) is 6.07 Å². The van der Waals surface area contributed by atoms with Crippen LogP contribution in [0.4, 0.5) is 5.69 Å². The Morgan fingerprint density at radius 1 is 1.32 bits per heavy atom. The molecule has 1 saturated heterocycles. The lowest BCUT2D eigenvalue weighted by atomic mass is 9.99. The molecule has 0 amide bonds. The van der Waals surface area contributed by atoms with E-state index in [-0.39, 0.29) is 0 Å². The summed E-state index contributed by atoms with van der Waals surface area (Å²) in [6.07, 6.45) is 9.35. The van der Waals surface area contributed by atoms with E-state index in [0.717, 1.165) is 30.5 Å². The van der Waals surface area contributed by atoms with Crippen LogP contribution in [0.5, 0.6) is 0 Å². The van der Waals surface area contributed by atoms with Gasteiger partial charge < -0.3 is 4.90 Å². The molecule has 2 aliphatic rings. The van der Waals surface area contributed by atoms with Crippen molar-refractivity contribution in [3.05, 3.63) is 57.6 Å². The fourth-order valence-corrected chi connectivity index (χ4v) is 3.30. The third-order valence-electron chi connectivity index (χ3n) is 4.65. The lowest BCUT2D eigenvalue weighted by Gasteiger charge is -2.29. The number of rotatable bonds is 2. The van der Waals surface area contributed by atoms with Gasteiger partial charge in [0.05, 0.1) is 23.2 Å². The van der Waals surface area contributed by atoms with Crippen molar-refractivity contribution in [1.29, 1.82) is 5.26 Å². The van der Waals surface area contributed by atoms with Gasteiger partial charge in [-0.2, -0.15) is 5.26 Å². The Hall–Kier alpha value is -2.52. The van der Waals surface area contributed by atoms with Gasteiger partial charge in [-0.15, -0.1) is 0 Å². The van der Waals surface area contributed by atoms with Crippen LogP contribution in [0.3, 0.4) is 0 Å². The first-order chi connectivity index (χ1) is 10.7. The first kappa shape index (κ1) is 14.4. The summed E-state index contributed by atoms with van der Waals surface area (Å²) in [6, 6.07) is 9.67. The van der Waals surface area contributed by atoms with E-state index < -0.39 is 0 Å². The van der Waals surface area contributed by atoms with Gasteiger partial charge in [-0.05, 0) is 54.8 Å². The monoisotopic (exact) mass is 290 g/mol. The number of anilines is 1. The molecule has 1 atom stereocenters. The van der Waals surface area contributed by atoms with Crippen LogP contribution in [0.25, 0.3) is 4.85 Å². The number of allylic oxidation sites excluding steroid dienone is 1. The van der Waals surface area contributed by atoms with Gasteiger partial charge in [0.15, 0.2) is 0 Å². The van der Waals surface area contributed by atoms with Crippen LogP contribution < -0.4 is 4.90 Å². The van der Waals surface area contributed by atoms with Crippen molar-refractivity contribution in [1.82, 2.24) is 0 Å². The average Bonchev–Trinajstić information content (AvgIpc) is 2.85. The second kappa shape index (κ2) is 6.08. The summed E-state index contributed by atoms with van der Waals surface area (Å²) >= 11 is 0. The highest BCUT2D eigenvalue weighted by Gasteiger charge is 2.30. The summed E-state index contributed by atoms with van der Waals surface area (Å²) in [7, 11) is 0. The van der Waals surface area contributed by atoms with Gasteiger partial charge in [-0.1, -0.05) is 12.2 Å². The lowest BCUT2D eigenvalue weighted by molar-refractivity contribution is 0.774. The molecule has 1 aromatic carbocycles. The van der Waals surface area contributed by atoms with E-state index in [1.165, 1.54) is 23.2 Å². The van der Waals surface area contributed by atoms with Gasteiger partial charge in [0, 0.05) is 12.2 Å². The predicted molar refractivity (Wildman–Crippen MR) is 90.1 cm³/mol. The highest BCUT2D eigenvalue weighted by Crippen LogP contribution is 2.34. The molecule has 3 heteroatoms. The number of benzene rings is 1. The van der Waals surface area contributed by atoms with Crippen molar-refractivity contribution in [2.75, 3.05) is 11.4 Å². The first-order valence-corrected chi connectivity index (χ1v) is 7.78. The first-order valence-electron chi connectivity index (χ1n) is 7.78. The molecule has 1 fully saturated rings. The zero-order valence-electron chi connectivity index (χ0n) is 13.1. The van der Waals surface area contributed by atoms with E-state index in [4.69, 9.17) is 0 Å². The van der Waals surface area contributed by atoms with Gasteiger partial charge in [-0.3, -0.25) is 0 Å². The van der Waals surface area contributed by atoms with E-state index in [1.54, 1.807) is 0 Å². The minimum absolute atomic E-state index is 0.367. The van der Waals surface area contributed by atoms with E-state index in [9.17, 15) is 5.26 Å². The molecule has 1 aromatic rings. The molecular weight excluding hydrogens is 270 g/mol. The van der Waals surface area contributed by atoms with Gasteiger partial charge in [0.1, 0.15) is 6.42 Å². The van der Waals surface area contributed by atoms with Gasteiger partial charge in [-0.25, -0.2) is 0 Å². The molecule has 0 saturated carbocycles. The summed E-state index contributed by atoms with van der Waals surface area (Å²) in [5.74, 6) is 0. The highest BCUT2D eigenvalue weighted by atomic mass is 15.2. The third kappa shape index (κ3) is 2.51. The Morgan fingerprint density at radius 2 is 2.18 bits per heavy atom. The highest BCUT2D eigenvalue weighted by molar-refractivity contribution is 5.62. The van der Waals surface area contributed by atoms with Crippen LogP contribution in [-0.4, -0.2) is 12.6 Å². The van der Waals surface area contributed by atoms with E-state index in [2.05, 4.69) is 47.0 Å². The molecule has 0 aromatic heterocycles. The molecule has 0 aliphatic carbocycles. The quantitative estimate of drug-likeness (QED) is 0.812. The maximum Gasteiger partial charge on any atom is 0.310 e. The summed E-state index contributed by atoms with van der Waals surface area (Å²) in [5, 5.41) is 9.19. The van der Waals surface area contributed by atoms with Crippen molar-refractivity contribution in [3.8, 4) is 12.1 Å². The Kier molecular flexibility index (Phi) is 3.98. The SMILES string of the molecule is Cc1c(C#N)ccc(N2CCCC2C2=C[N+]#CCC=C2)c1C.